The van der Waals surface area contributed by atoms with Gasteiger partial charge in [0.1, 0.15) is 0 Å². The SMILES string of the molecule is CC1CCCN(C(=O)c2cc([N+](=O)[O-])c(Cl)c([N+](=O)[O-])c2)C1. The van der Waals surface area contributed by atoms with Crippen molar-refractivity contribution >= 4 is 28.9 Å². The molecule has 1 unspecified atom stereocenters. The summed E-state index contributed by atoms with van der Waals surface area (Å²) in [6.07, 6.45) is 1.84. The van der Waals surface area contributed by atoms with Crippen molar-refractivity contribution in [1.82, 2.24) is 4.90 Å². The van der Waals surface area contributed by atoms with Gasteiger partial charge in [-0.25, -0.2) is 0 Å². The van der Waals surface area contributed by atoms with Crippen molar-refractivity contribution in [3.63, 3.8) is 0 Å². The van der Waals surface area contributed by atoms with Crippen LogP contribution in [-0.4, -0.2) is 33.7 Å². The minimum Gasteiger partial charge on any atom is -0.338 e. The number of hydrogen-bond donors (Lipinski definition) is 0. The van der Waals surface area contributed by atoms with Gasteiger partial charge in [0, 0.05) is 25.2 Å². The summed E-state index contributed by atoms with van der Waals surface area (Å²) < 4.78 is 0. The van der Waals surface area contributed by atoms with Crippen LogP contribution in [0.3, 0.4) is 0 Å². The first-order valence-corrected chi connectivity index (χ1v) is 7.10. The van der Waals surface area contributed by atoms with Gasteiger partial charge in [0.05, 0.1) is 15.4 Å². The molecule has 0 aliphatic carbocycles. The van der Waals surface area contributed by atoms with Crippen LogP contribution in [0.25, 0.3) is 0 Å². The largest absolute Gasteiger partial charge is 0.338 e. The van der Waals surface area contributed by atoms with Crippen molar-refractivity contribution < 1.29 is 14.6 Å². The van der Waals surface area contributed by atoms with Gasteiger partial charge in [0.2, 0.25) is 0 Å². The van der Waals surface area contributed by atoms with Crippen LogP contribution in [-0.2, 0) is 0 Å². The normalized spacial score (nSPS) is 18.1. The number of piperidine rings is 1. The molecule has 9 heteroatoms. The van der Waals surface area contributed by atoms with Crippen LogP contribution in [0.2, 0.25) is 5.02 Å². The minimum atomic E-state index is -0.828. The maximum atomic E-state index is 12.4. The Balaban J connectivity index is 2.44. The molecule has 1 aliphatic rings. The number of nitro benzene ring substituents is 2. The lowest BCUT2D eigenvalue weighted by Gasteiger charge is -2.30. The van der Waals surface area contributed by atoms with Gasteiger partial charge in [-0.15, -0.1) is 0 Å². The molecular formula is C13H14ClN3O5. The predicted molar refractivity (Wildman–Crippen MR) is 79.1 cm³/mol. The van der Waals surface area contributed by atoms with Gasteiger partial charge in [-0.2, -0.15) is 0 Å². The monoisotopic (exact) mass is 327 g/mol. The number of nitro groups is 2. The maximum Gasteiger partial charge on any atom is 0.295 e. The average Bonchev–Trinajstić information content (AvgIpc) is 2.46. The number of halogens is 1. The molecule has 0 N–H and O–H groups in total. The third kappa shape index (κ3) is 3.16. The molecular weight excluding hydrogens is 314 g/mol. The first-order valence-electron chi connectivity index (χ1n) is 6.73. The topological polar surface area (TPSA) is 107 Å². The van der Waals surface area contributed by atoms with Gasteiger partial charge >= 0.3 is 0 Å². The van der Waals surface area contributed by atoms with Crippen molar-refractivity contribution in [1.29, 1.82) is 0 Å². The summed E-state index contributed by atoms with van der Waals surface area (Å²) in [6, 6.07) is 1.99. The standard InChI is InChI=1S/C13H14ClN3O5/c1-8-3-2-4-15(7-8)13(18)9-5-10(16(19)20)12(14)11(6-9)17(21)22/h5-6,8H,2-4,7H2,1H3. The zero-order chi connectivity index (χ0) is 16.4. The number of nitrogens with zero attached hydrogens (tertiary/aromatic N) is 3. The van der Waals surface area contributed by atoms with E-state index < -0.39 is 32.2 Å². The second-order valence-corrected chi connectivity index (χ2v) is 5.72. The summed E-state index contributed by atoms with van der Waals surface area (Å²) in [7, 11) is 0. The van der Waals surface area contributed by atoms with Gasteiger partial charge in [-0.1, -0.05) is 18.5 Å². The molecule has 1 heterocycles. The molecule has 0 aromatic heterocycles. The van der Waals surface area contributed by atoms with E-state index >= 15 is 0 Å². The third-order valence-corrected chi connectivity index (χ3v) is 4.01. The molecule has 1 fully saturated rings. The number of amides is 1. The van der Waals surface area contributed by atoms with E-state index in [1.165, 1.54) is 0 Å². The molecule has 22 heavy (non-hydrogen) atoms. The minimum absolute atomic E-state index is 0.0862. The van der Waals surface area contributed by atoms with E-state index in [-0.39, 0.29) is 5.56 Å². The van der Waals surface area contributed by atoms with Crippen molar-refractivity contribution in [3.8, 4) is 0 Å². The Kier molecular flexibility index (Phi) is 4.60. The van der Waals surface area contributed by atoms with E-state index in [4.69, 9.17) is 11.6 Å². The molecule has 1 aromatic rings. The fourth-order valence-corrected chi connectivity index (χ4v) is 2.79. The first kappa shape index (κ1) is 16.2. The molecule has 1 amide bonds. The van der Waals surface area contributed by atoms with Crippen LogP contribution in [0.4, 0.5) is 11.4 Å². The van der Waals surface area contributed by atoms with E-state index in [2.05, 4.69) is 0 Å². The Labute approximate surface area is 131 Å². The fraction of sp³-hybridized carbons (Fsp3) is 0.462. The van der Waals surface area contributed by atoms with Gasteiger partial charge in [0.25, 0.3) is 17.3 Å². The van der Waals surface area contributed by atoms with Gasteiger partial charge in [-0.3, -0.25) is 25.0 Å². The molecule has 0 bridgehead atoms. The van der Waals surface area contributed by atoms with E-state index in [1.807, 2.05) is 6.92 Å². The highest BCUT2D eigenvalue weighted by Gasteiger charge is 2.30. The number of carbonyl (C=O) groups excluding carboxylic acids is 1. The van der Waals surface area contributed by atoms with Crippen LogP contribution < -0.4 is 0 Å². The Morgan fingerprint density at radius 2 is 1.82 bits per heavy atom. The van der Waals surface area contributed by atoms with Gasteiger partial charge in [0.15, 0.2) is 5.02 Å². The lowest BCUT2D eigenvalue weighted by molar-refractivity contribution is -0.393. The summed E-state index contributed by atoms with van der Waals surface area (Å²) in [6.45, 7) is 3.07. The molecule has 8 nitrogen and oxygen atoms in total. The smallest absolute Gasteiger partial charge is 0.295 e. The van der Waals surface area contributed by atoms with Crippen molar-refractivity contribution in [2.45, 2.75) is 19.8 Å². The molecule has 1 aromatic carbocycles. The maximum absolute atomic E-state index is 12.4. The molecule has 1 aliphatic heterocycles. The van der Waals surface area contributed by atoms with Gasteiger partial charge in [-0.05, 0) is 18.8 Å². The average molecular weight is 328 g/mol. The molecule has 0 radical (unpaired) electrons. The zero-order valence-corrected chi connectivity index (χ0v) is 12.6. The van der Waals surface area contributed by atoms with Crippen LogP contribution in [0.1, 0.15) is 30.1 Å². The fourth-order valence-electron chi connectivity index (χ4n) is 2.54. The van der Waals surface area contributed by atoms with E-state index in [9.17, 15) is 25.0 Å². The van der Waals surface area contributed by atoms with E-state index in [0.717, 1.165) is 25.0 Å². The Morgan fingerprint density at radius 3 is 2.27 bits per heavy atom. The van der Waals surface area contributed by atoms with Crippen LogP contribution in [0.15, 0.2) is 12.1 Å². The summed E-state index contributed by atoms with van der Waals surface area (Å²) in [5.41, 5.74) is -1.36. The molecule has 118 valence electrons. The number of carbonyl (C=O) groups is 1. The summed E-state index contributed by atoms with van der Waals surface area (Å²) in [5.74, 6) is -0.121. The Hall–Kier alpha value is -2.22. The zero-order valence-electron chi connectivity index (χ0n) is 11.8. The second kappa shape index (κ2) is 6.27. The number of rotatable bonds is 3. The lowest BCUT2D eigenvalue weighted by atomic mass is 9.99. The van der Waals surface area contributed by atoms with Crippen molar-refractivity contribution in [2.24, 2.45) is 5.92 Å². The van der Waals surface area contributed by atoms with Crippen LogP contribution >= 0.6 is 11.6 Å². The van der Waals surface area contributed by atoms with Crippen molar-refractivity contribution in [2.75, 3.05) is 13.1 Å². The number of likely N-dealkylation sites (tertiary alicyclic amines) is 1. The Bertz CT molecular complexity index is 614. The molecule has 1 atom stereocenters. The van der Waals surface area contributed by atoms with Crippen LogP contribution in [0.5, 0.6) is 0 Å². The quantitative estimate of drug-likeness (QED) is 0.626. The number of hydrogen-bond acceptors (Lipinski definition) is 5. The summed E-state index contributed by atoms with van der Waals surface area (Å²) in [4.78, 5) is 34.3. The van der Waals surface area contributed by atoms with E-state index in [0.29, 0.717) is 19.0 Å². The predicted octanol–water partition coefficient (Wildman–Crippen LogP) is 3.03. The highest BCUT2D eigenvalue weighted by Crippen LogP contribution is 2.35. The Morgan fingerprint density at radius 1 is 1.27 bits per heavy atom. The summed E-state index contributed by atoms with van der Waals surface area (Å²) >= 11 is 5.68. The van der Waals surface area contributed by atoms with E-state index in [1.54, 1.807) is 4.90 Å². The molecule has 0 saturated carbocycles. The summed E-state index contributed by atoms with van der Waals surface area (Å²) in [5, 5.41) is 21.4. The molecule has 1 saturated heterocycles. The third-order valence-electron chi connectivity index (χ3n) is 3.62. The highest BCUT2D eigenvalue weighted by molar-refractivity contribution is 6.35. The lowest BCUT2D eigenvalue weighted by Crippen LogP contribution is -2.39. The second-order valence-electron chi connectivity index (χ2n) is 5.34. The highest BCUT2D eigenvalue weighted by atomic mass is 35.5. The molecule has 2 rings (SSSR count). The molecule has 0 spiro atoms. The van der Waals surface area contributed by atoms with Crippen molar-refractivity contribution in [3.05, 3.63) is 42.9 Å². The van der Waals surface area contributed by atoms with Crippen LogP contribution in [0, 0.1) is 26.1 Å². The number of benzene rings is 1. The first-order chi connectivity index (χ1) is 10.3. The van der Waals surface area contributed by atoms with Gasteiger partial charge < -0.3 is 4.90 Å².